The average molecular weight is 266 g/mol. The summed E-state index contributed by atoms with van der Waals surface area (Å²) in [6.07, 6.45) is 0.770. The molecule has 0 saturated carbocycles. The number of carbonyl (C=O) groups is 3. The van der Waals surface area contributed by atoms with E-state index in [1.54, 1.807) is 0 Å². The number of hydrogen-bond acceptors (Lipinski definition) is 5. The first-order chi connectivity index (χ1) is 7.59. The molecule has 1 N–H and O–H groups in total. The van der Waals surface area contributed by atoms with E-state index in [4.69, 9.17) is 0 Å². The molecule has 0 spiro atoms. The molecule has 2 rings (SSSR count). The summed E-state index contributed by atoms with van der Waals surface area (Å²) in [5, 5.41) is 13.3. The zero-order chi connectivity index (χ0) is 11.7. The molecular formula is C9H11N2NaO4S. The number of carbonyl (C=O) groups excluding carboxylic acids is 3. The van der Waals surface area contributed by atoms with Crippen LogP contribution >= 0.6 is 11.8 Å². The Morgan fingerprint density at radius 2 is 2.18 bits per heavy atom. The number of aliphatic carboxylic acids is 1. The molecule has 88 valence electrons. The maximum Gasteiger partial charge on any atom is 1.00 e. The molecule has 2 heterocycles. The maximum absolute atomic E-state index is 11.9. The Morgan fingerprint density at radius 1 is 1.47 bits per heavy atom. The Labute approximate surface area is 125 Å². The van der Waals surface area contributed by atoms with Gasteiger partial charge in [-0.1, -0.05) is 0 Å². The van der Waals surface area contributed by atoms with Crippen LogP contribution in [0.5, 0.6) is 0 Å². The van der Waals surface area contributed by atoms with Crippen LogP contribution < -0.4 is 40.0 Å². The average Bonchev–Trinajstić information content (AvgIpc) is 2.84. The van der Waals surface area contributed by atoms with Gasteiger partial charge in [-0.3, -0.25) is 9.59 Å². The molecule has 0 aromatic carbocycles. The van der Waals surface area contributed by atoms with E-state index in [1.165, 1.54) is 16.7 Å². The van der Waals surface area contributed by atoms with Gasteiger partial charge in [-0.15, -0.1) is 11.8 Å². The van der Waals surface area contributed by atoms with Gasteiger partial charge in [0, 0.05) is 12.2 Å². The van der Waals surface area contributed by atoms with E-state index in [1.807, 2.05) is 0 Å². The van der Waals surface area contributed by atoms with Crippen molar-refractivity contribution in [3.8, 4) is 0 Å². The van der Waals surface area contributed by atoms with E-state index in [0.29, 0.717) is 24.5 Å². The number of amides is 2. The van der Waals surface area contributed by atoms with Crippen LogP contribution in [-0.2, 0) is 14.4 Å². The Morgan fingerprint density at radius 3 is 2.71 bits per heavy atom. The fraction of sp³-hybridized carbons (Fsp3) is 0.667. The molecule has 0 unspecified atom stereocenters. The summed E-state index contributed by atoms with van der Waals surface area (Å²) in [5.74, 6) is -0.999. The third kappa shape index (κ3) is 3.15. The van der Waals surface area contributed by atoms with Crippen LogP contribution in [0.2, 0.25) is 0 Å². The predicted octanol–water partition coefficient (Wildman–Crippen LogP) is -5.08. The smallest absolute Gasteiger partial charge is 0.548 e. The van der Waals surface area contributed by atoms with Gasteiger partial charge in [0.05, 0.1) is 17.9 Å². The minimum Gasteiger partial charge on any atom is -0.548 e. The number of hydrogen-bond donors (Lipinski definition) is 1. The number of carboxylic acids is 1. The van der Waals surface area contributed by atoms with Crippen LogP contribution in [0.25, 0.3) is 0 Å². The van der Waals surface area contributed by atoms with Crippen molar-refractivity contribution < 1.29 is 49.0 Å². The van der Waals surface area contributed by atoms with Gasteiger partial charge in [0.1, 0.15) is 6.04 Å². The largest absolute Gasteiger partial charge is 1.00 e. The Balaban J connectivity index is 0.00000144. The summed E-state index contributed by atoms with van der Waals surface area (Å²) in [7, 11) is 0. The number of rotatable bonds is 2. The van der Waals surface area contributed by atoms with E-state index in [0.717, 1.165) is 0 Å². The first-order valence-corrected chi connectivity index (χ1v) is 6.13. The van der Waals surface area contributed by atoms with Gasteiger partial charge in [0.15, 0.2) is 0 Å². The van der Waals surface area contributed by atoms with Crippen LogP contribution in [0, 0.1) is 0 Å². The molecule has 2 aliphatic rings. The van der Waals surface area contributed by atoms with E-state index in [2.05, 4.69) is 5.32 Å². The summed E-state index contributed by atoms with van der Waals surface area (Å²) >= 11 is 1.38. The van der Waals surface area contributed by atoms with Crippen molar-refractivity contribution in [3.05, 3.63) is 0 Å². The molecular weight excluding hydrogens is 255 g/mol. The zero-order valence-electron chi connectivity index (χ0n) is 9.47. The Kier molecular flexibility index (Phi) is 5.30. The number of nitrogens with zero attached hydrogens (tertiary/aromatic N) is 1. The van der Waals surface area contributed by atoms with Crippen LogP contribution in [0.3, 0.4) is 0 Å². The third-order valence-electron chi connectivity index (χ3n) is 2.73. The normalized spacial score (nSPS) is 27.5. The molecule has 0 radical (unpaired) electrons. The van der Waals surface area contributed by atoms with Crippen LogP contribution in [0.1, 0.15) is 12.8 Å². The first-order valence-electron chi connectivity index (χ1n) is 4.98. The van der Waals surface area contributed by atoms with Crippen molar-refractivity contribution in [2.45, 2.75) is 24.9 Å². The predicted molar refractivity (Wildman–Crippen MR) is 54.1 cm³/mol. The summed E-state index contributed by atoms with van der Waals surface area (Å²) in [4.78, 5) is 35.0. The maximum atomic E-state index is 11.9. The van der Waals surface area contributed by atoms with Gasteiger partial charge < -0.3 is 20.1 Å². The SMILES string of the molecule is O=C1CC[C@@H](C(=O)N2CSC[C@H]2C(=O)[O-])N1.[Na+]. The molecule has 0 bridgehead atoms. The molecule has 2 aliphatic heterocycles. The second kappa shape index (κ2) is 6.08. The number of carboxylic acid groups (broad SMARTS) is 1. The van der Waals surface area contributed by atoms with E-state index in [9.17, 15) is 19.5 Å². The van der Waals surface area contributed by atoms with Crippen molar-refractivity contribution in [1.29, 1.82) is 0 Å². The van der Waals surface area contributed by atoms with E-state index in [-0.39, 0.29) is 41.4 Å². The second-order valence-electron chi connectivity index (χ2n) is 3.80. The summed E-state index contributed by atoms with van der Waals surface area (Å²) in [6.45, 7) is 0. The topological polar surface area (TPSA) is 89.5 Å². The minimum absolute atomic E-state index is 0. The molecule has 17 heavy (non-hydrogen) atoms. The van der Waals surface area contributed by atoms with Crippen molar-refractivity contribution in [1.82, 2.24) is 10.2 Å². The van der Waals surface area contributed by atoms with Crippen LogP contribution in [-0.4, -0.2) is 46.4 Å². The van der Waals surface area contributed by atoms with E-state index >= 15 is 0 Å². The Bertz CT molecular complexity index is 352. The first kappa shape index (κ1) is 14.8. The molecule has 8 heteroatoms. The summed E-state index contributed by atoms with van der Waals surface area (Å²) < 4.78 is 0. The van der Waals surface area contributed by atoms with Crippen LogP contribution in [0.4, 0.5) is 0 Å². The van der Waals surface area contributed by atoms with Crippen molar-refractivity contribution in [3.63, 3.8) is 0 Å². The third-order valence-corrected chi connectivity index (χ3v) is 3.74. The van der Waals surface area contributed by atoms with Gasteiger partial charge in [-0.2, -0.15) is 0 Å². The molecule has 6 nitrogen and oxygen atoms in total. The molecule has 2 saturated heterocycles. The van der Waals surface area contributed by atoms with Gasteiger partial charge in [-0.25, -0.2) is 0 Å². The standard InChI is InChI=1S/C9H12N2O4S.Na/c12-7-2-1-5(10-7)8(13)11-4-16-3-6(11)9(14)15;/h5-6H,1-4H2,(H,10,12)(H,14,15);/q;+1/p-1/t5-,6-;/m0./s1. The second-order valence-corrected chi connectivity index (χ2v) is 4.80. The monoisotopic (exact) mass is 266 g/mol. The Hall–Kier alpha value is -0.240. The van der Waals surface area contributed by atoms with Gasteiger partial charge in [0.25, 0.3) is 0 Å². The number of nitrogens with one attached hydrogen (secondary N) is 1. The molecule has 0 aliphatic carbocycles. The summed E-state index contributed by atoms with van der Waals surface area (Å²) in [5.41, 5.74) is 0. The van der Waals surface area contributed by atoms with Gasteiger partial charge in [-0.05, 0) is 6.42 Å². The van der Waals surface area contributed by atoms with Crippen LogP contribution in [0.15, 0.2) is 0 Å². The molecule has 2 amide bonds. The van der Waals surface area contributed by atoms with Crippen molar-refractivity contribution in [2.75, 3.05) is 11.6 Å². The zero-order valence-corrected chi connectivity index (χ0v) is 12.3. The fourth-order valence-electron chi connectivity index (χ4n) is 1.85. The minimum atomic E-state index is -1.23. The number of thioether (sulfide) groups is 1. The molecule has 0 aromatic rings. The quantitative estimate of drug-likeness (QED) is 0.505. The van der Waals surface area contributed by atoms with Gasteiger partial charge in [0.2, 0.25) is 11.8 Å². The van der Waals surface area contributed by atoms with Crippen molar-refractivity contribution in [2.24, 2.45) is 0 Å². The van der Waals surface area contributed by atoms with Crippen molar-refractivity contribution >= 4 is 29.5 Å². The summed E-state index contributed by atoms with van der Waals surface area (Å²) in [6, 6.07) is -1.43. The molecule has 2 atom stereocenters. The van der Waals surface area contributed by atoms with Gasteiger partial charge >= 0.3 is 29.6 Å². The van der Waals surface area contributed by atoms with E-state index < -0.39 is 18.1 Å². The molecule has 2 fully saturated rings. The fourth-order valence-corrected chi connectivity index (χ4v) is 3.00. The molecule has 0 aromatic heterocycles.